The number of carbonyl (C=O) groups is 2. The molecule has 0 radical (unpaired) electrons. The normalized spacial score (nSPS) is 17.5. The maximum absolute atomic E-state index is 13.5. The highest BCUT2D eigenvalue weighted by molar-refractivity contribution is 6.04. The Morgan fingerprint density at radius 1 is 1.14 bits per heavy atom. The third-order valence-electron chi connectivity index (χ3n) is 5.66. The van der Waals surface area contributed by atoms with E-state index in [-0.39, 0.29) is 17.9 Å². The molecular formula is C22H27N3O3. The van der Waals surface area contributed by atoms with Crippen molar-refractivity contribution in [1.82, 2.24) is 15.4 Å². The average molecular weight is 381 g/mol. The Kier molecular flexibility index (Phi) is 5.57. The van der Waals surface area contributed by atoms with E-state index in [1.165, 1.54) is 4.90 Å². The summed E-state index contributed by atoms with van der Waals surface area (Å²) in [6.07, 6.45) is 4.58. The summed E-state index contributed by atoms with van der Waals surface area (Å²) in [6, 6.07) is 9.96. The number of amides is 2. The van der Waals surface area contributed by atoms with Gasteiger partial charge in [-0.3, -0.25) is 14.5 Å². The highest BCUT2D eigenvalue weighted by Crippen LogP contribution is 2.43. The number of nitrogens with one attached hydrogen (secondary N) is 1. The molecule has 148 valence electrons. The van der Waals surface area contributed by atoms with Crippen molar-refractivity contribution in [1.29, 1.82) is 0 Å². The minimum atomic E-state index is -0.305. The Bertz CT molecular complexity index is 836. The van der Waals surface area contributed by atoms with Crippen LogP contribution in [-0.4, -0.2) is 41.0 Å². The maximum atomic E-state index is 13.5. The first kappa shape index (κ1) is 18.9. The molecule has 2 aromatic rings. The lowest BCUT2D eigenvalue weighted by Crippen LogP contribution is -2.49. The van der Waals surface area contributed by atoms with Gasteiger partial charge in [-0.05, 0) is 44.3 Å². The van der Waals surface area contributed by atoms with E-state index >= 15 is 0 Å². The van der Waals surface area contributed by atoms with Crippen molar-refractivity contribution in [3.8, 4) is 0 Å². The Morgan fingerprint density at radius 3 is 2.50 bits per heavy atom. The van der Waals surface area contributed by atoms with Gasteiger partial charge in [0.15, 0.2) is 5.69 Å². The molecule has 1 aromatic heterocycles. The second kappa shape index (κ2) is 8.27. The molecule has 0 atom stereocenters. The van der Waals surface area contributed by atoms with E-state index < -0.39 is 0 Å². The predicted molar refractivity (Wildman–Crippen MR) is 105 cm³/mol. The molecule has 4 rings (SSSR count). The number of hydrogen-bond donors (Lipinski definition) is 1. The number of piperidine rings is 1. The van der Waals surface area contributed by atoms with Gasteiger partial charge in [0.25, 0.3) is 5.91 Å². The molecule has 1 aliphatic carbocycles. The van der Waals surface area contributed by atoms with Crippen molar-refractivity contribution < 1.29 is 14.1 Å². The molecule has 0 spiro atoms. The van der Waals surface area contributed by atoms with Crippen molar-refractivity contribution in [2.75, 3.05) is 13.1 Å². The van der Waals surface area contributed by atoms with Gasteiger partial charge in [0.1, 0.15) is 5.76 Å². The lowest BCUT2D eigenvalue weighted by atomic mass is 9.99. The largest absolute Gasteiger partial charge is 0.360 e. The lowest BCUT2D eigenvalue weighted by molar-refractivity contribution is -0.130. The fraction of sp³-hybridized carbons (Fsp3) is 0.500. The average Bonchev–Trinajstić information content (AvgIpc) is 3.50. The molecule has 1 N–H and O–H groups in total. The highest BCUT2D eigenvalue weighted by Gasteiger charge is 2.38. The highest BCUT2D eigenvalue weighted by atomic mass is 16.5. The third kappa shape index (κ3) is 3.87. The van der Waals surface area contributed by atoms with Gasteiger partial charge in [-0.15, -0.1) is 0 Å². The monoisotopic (exact) mass is 381 g/mol. The minimum absolute atomic E-state index is 0.0770. The number of rotatable bonds is 6. The smallest absolute Gasteiger partial charge is 0.283 e. The van der Waals surface area contributed by atoms with Crippen LogP contribution in [0.4, 0.5) is 0 Å². The number of nitrogens with zero attached hydrogens (tertiary/aromatic N) is 2. The van der Waals surface area contributed by atoms with Crippen molar-refractivity contribution in [2.24, 2.45) is 0 Å². The fourth-order valence-corrected chi connectivity index (χ4v) is 3.96. The zero-order valence-electron chi connectivity index (χ0n) is 16.3. The van der Waals surface area contributed by atoms with E-state index in [0.29, 0.717) is 24.5 Å². The first-order valence-electron chi connectivity index (χ1n) is 10.3. The van der Waals surface area contributed by atoms with Crippen molar-refractivity contribution in [2.45, 2.75) is 57.4 Å². The molecule has 6 nitrogen and oxygen atoms in total. The van der Waals surface area contributed by atoms with Gasteiger partial charge in [-0.1, -0.05) is 42.4 Å². The number of benzene rings is 1. The summed E-state index contributed by atoms with van der Waals surface area (Å²) >= 11 is 0. The molecule has 1 saturated carbocycles. The number of imide groups is 1. The summed E-state index contributed by atoms with van der Waals surface area (Å²) in [5, 5.41) is 7.47. The summed E-state index contributed by atoms with van der Waals surface area (Å²) in [5.74, 6) is 0.724. The number of carbonyl (C=O) groups excluding carboxylic acids is 2. The summed E-state index contributed by atoms with van der Waals surface area (Å²) in [6.45, 7) is 3.43. The molecule has 28 heavy (non-hydrogen) atoms. The van der Waals surface area contributed by atoms with E-state index in [1.54, 1.807) is 6.92 Å². The van der Waals surface area contributed by atoms with Gasteiger partial charge in [-0.2, -0.15) is 0 Å². The van der Waals surface area contributed by atoms with Crippen LogP contribution in [0.15, 0.2) is 34.9 Å². The van der Waals surface area contributed by atoms with Crippen LogP contribution in [0.5, 0.6) is 0 Å². The molecular weight excluding hydrogens is 354 g/mol. The fourth-order valence-electron chi connectivity index (χ4n) is 3.96. The molecule has 0 unspecified atom stereocenters. The summed E-state index contributed by atoms with van der Waals surface area (Å²) in [4.78, 5) is 27.6. The molecule has 2 aliphatic rings. The van der Waals surface area contributed by atoms with Crippen LogP contribution in [0.3, 0.4) is 0 Å². The van der Waals surface area contributed by atoms with Gasteiger partial charge in [0.05, 0.1) is 0 Å². The molecule has 2 amide bonds. The third-order valence-corrected chi connectivity index (χ3v) is 5.66. The van der Waals surface area contributed by atoms with Crippen molar-refractivity contribution in [3.63, 3.8) is 0 Å². The second-order valence-electron chi connectivity index (χ2n) is 7.71. The molecule has 2 heterocycles. The Morgan fingerprint density at radius 2 is 1.86 bits per heavy atom. The number of aromatic nitrogens is 1. The SMILES string of the molecule is CCC(=O)N(C(=O)c1noc(C2CC2)c1Cc1ccccc1)C1CCNCC1. The summed E-state index contributed by atoms with van der Waals surface area (Å²) in [5.41, 5.74) is 2.27. The van der Waals surface area contributed by atoms with Crippen LogP contribution in [0.25, 0.3) is 0 Å². The van der Waals surface area contributed by atoms with Crippen LogP contribution in [0, 0.1) is 0 Å². The van der Waals surface area contributed by atoms with Crippen LogP contribution in [0.2, 0.25) is 0 Å². The Labute approximate surface area is 165 Å². The molecule has 1 aromatic carbocycles. The van der Waals surface area contributed by atoms with E-state index in [9.17, 15) is 9.59 Å². The molecule has 2 fully saturated rings. The Balaban J connectivity index is 1.68. The van der Waals surface area contributed by atoms with Crippen molar-refractivity contribution in [3.05, 3.63) is 52.9 Å². The van der Waals surface area contributed by atoms with E-state index in [2.05, 4.69) is 10.5 Å². The van der Waals surface area contributed by atoms with Crippen LogP contribution in [-0.2, 0) is 11.2 Å². The Hall–Kier alpha value is -2.47. The van der Waals surface area contributed by atoms with Gasteiger partial charge >= 0.3 is 0 Å². The van der Waals surface area contributed by atoms with Gasteiger partial charge in [-0.25, -0.2) is 0 Å². The van der Waals surface area contributed by atoms with Gasteiger partial charge in [0, 0.05) is 30.4 Å². The van der Waals surface area contributed by atoms with Crippen LogP contribution < -0.4 is 5.32 Å². The maximum Gasteiger partial charge on any atom is 0.283 e. The summed E-state index contributed by atoms with van der Waals surface area (Å²) in [7, 11) is 0. The minimum Gasteiger partial charge on any atom is -0.360 e. The quantitative estimate of drug-likeness (QED) is 0.831. The molecule has 1 aliphatic heterocycles. The van der Waals surface area contributed by atoms with Gasteiger partial charge < -0.3 is 9.84 Å². The van der Waals surface area contributed by atoms with E-state index in [0.717, 1.165) is 55.7 Å². The lowest BCUT2D eigenvalue weighted by Gasteiger charge is -2.32. The summed E-state index contributed by atoms with van der Waals surface area (Å²) < 4.78 is 5.64. The first-order valence-corrected chi connectivity index (χ1v) is 10.3. The van der Waals surface area contributed by atoms with Crippen molar-refractivity contribution >= 4 is 11.8 Å². The second-order valence-corrected chi connectivity index (χ2v) is 7.71. The first-order chi connectivity index (χ1) is 13.7. The molecule has 6 heteroatoms. The van der Waals surface area contributed by atoms with Crippen LogP contribution >= 0.6 is 0 Å². The standard InChI is InChI=1S/C22H27N3O3/c1-2-19(26)25(17-10-12-23-13-11-17)22(27)20-18(14-15-6-4-3-5-7-15)21(28-24-20)16-8-9-16/h3-7,16-17,23H,2,8-14H2,1H3. The molecule has 0 bridgehead atoms. The predicted octanol–water partition coefficient (Wildman–Crippen LogP) is 3.27. The van der Waals surface area contributed by atoms with Gasteiger partial charge in [0.2, 0.25) is 5.91 Å². The number of hydrogen-bond acceptors (Lipinski definition) is 5. The van der Waals surface area contributed by atoms with Crippen LogP contribution in [0.1, 0.15) is 72.3 Å². The zero-order chi connectivity index (χ0) is 19.5. The molecule has 1 saturated heterocycles. The van der Waals surface area contributed by atoms with E-state index in [4.69, 9.17) is 4.52 Å². The topological polar surface area (TPSA) is 75.4 Å². The zero-order valence-corrected chi connectivity index (χ0v) is 16.3. The van der Waals surface area contributed by atoms with E-state index in [1.807, 2.05) is 30.3 Å².